The molecule has 182 valence electrons. The van der Waals surface area contributed by atoms with Crippen LogP contribution in [-0.2, 0) is 9.53 Å². The van der Waals surface area contributed by atoms with Crippen LogP contribution in [0.3, 0.4) is 0 Å². The zero-order chi connectivity index (χ0) is 25.0. The lowest BCUT2D eigenvalue weighted by atomic mass is 10.1. The Kier molecular flexibility index (Phi) is 9.24. The number of hydrogen-bond acceptors (Lipinski definition) is 6. The molecule has 0 aliphatic carbocycles. The van der Waals surface area contributed by atoms with Crippen LogP contribution in [0, 0.1) is 0 Å². The number of para-hydroxylation sites is 1. The fourth-order valence-electron chi connectivity index (χ4n) is 3.22. The van der Waals surface area contributed by atoms with Crippen molar-refractivity contribution in [2.75, 3.05) is 38.3 Å². The van der Waals surface area contributed by atoms with Gasteiger partial charge in [0.25, 0.3) is 11.8 Å². The van der Waals surface area contributed by atoms with E-state index >= 15 is 0 Å². The maximum absolute atomic E-state index is 13.0. The average molecular weight is 477 g/mol. The molecule has 0 bridgehead atoms. The number of anilines is 1. The van der Waals surface area contributed by atoms with Gasteiger partial charge < -0.3 is 24.4 Å². The molecule has 0 spiro atoms. The Morgan fingerprint density at radius 3 is 2.06 bits per heavy atom. The predicted octanol–water partition coefficient (Wildman–Crippen LogP) is 3.71. The molecule has 35 heavy (non-hydrogen) atoms. The largest absolute Gasteiger partial charge is 0.494 e. The molecule has 1 N–H and O–H groups in total. The monoisotopic (exact) mass is 476 g/mol. The van der Waals surface area contributed by atoms with E-state index in [1.807, 2.05) is 25.1 Å². The first-order chi connectivity index (χ1) is 17.0. The molecule has 0 unspecified atom stereocenters. The van der Waals surface area contributed by atoms with E-state index in [1.54, 1.807) is 61.6 Å². The van der Waals surface area contributed by atoms with Crippen molar-refractivity contribution in [2.45, 2.75) is 6.92 Å². The van der Waals surface area contributed by atoms with Crippen molar-refractivity contribution >= 4 is 23.5 Å². The molecule has 3 aromatic carbocycles. The minimum atomic E-state index is -0.754. The van der Waals surface area contributed by atoms with Crippen LogP contribution in [0.5, 0.6) is 11.5 Å². The van der Waals surface area contributed by atoms with Crippen LogP contribution < -0.4 is 19.7 Å². The van der Waals surface area contributed by atoms with Gasteiger partial charge in [-0.2, -0.15) is 0 Å². The number of amides is 2. The van der Waals surface area contributed by atoms with Gasteiger partial charge >= 0.3 is 5.97 Å². The zero-order valence-corrected chi connectivity index (χ0v) is 19.7. The Labute approximate surface area is 204 Å². The summed E-state index contributed by atoms with van der Waals surface area (Å²) < 4.78 is 16.1. The lowest BCUT2D eigenvalue weighted by Gasteiger charge is -2.18. The van der Waals surface area contributed by atoms with E-state index in [1.165, 1.54) is 11.0 Å². The Morgan fingerprint density at radius 1 is 0.800 bits per heavy atom. The second kappa shape index (κ2) is 12.8. The van der Waals surface area contributed by atoms with Gasteiger partial charge in [0.1, 0.15) is 18.1 Å². The number of carbonyl (C=O) groups is 3. The highest BCUT2D eigenvalue weighted by Crippen LogP contribution is 2.19. The van der Waals surface area contributed by atoms with Gasteiger partial charge in [0.05, 0.1) is 24.3 Å². The highest BCUT2D eigenvalue weighted by molar-refractivity contribution is 6.12. The molecule has 0 aliphatic rings. The minimum Gasteiger partial charge on any atom is -0.494 e. The molecule has 0 heterocycles. The van der Waals surface area contributed by atoms with Gasteiger partial charge in [0.2, 0.25) is 0 Å². The number of ether oxygens (including phenoxy) is 3. The molecule has 3 aromatic rings. The smallest absolute Gasteiger partial charge is 0.339 e. The van der Waals surface area contributed by atoms with Crippen molar-refractivity contribution < 1.29 is 28.6 Å². The van der Waals surface area contributed by atoms with Crippen LogP contribution in [0.25, 0.3) is 0 Å². The van der Waals surface area contributed by atoms with E-state index in [0.29, 0.717) is 18.0 Å². The molecule has 0 fully saturated rings. The summed E-state index contributed by atoms with van der Waals surface area (Å²) in [6.07, 6.45) is 0. The fourth-order valence-corrected chi connectivity index (χ4v) is 3.22. The maximum atomic E-state index is 13.0. The van der Waals surface area contributed by atoms with Crippen LogP contribution in [0.4, 0.5) is 5.69 Å². The normalized spacial score (nSPS) is 10.2. The quantitative estimate of drug-likeness (QED) is 0.335. The predicted molar refractivity (Wildman–Crippen MR) is 132 cm³/mol. The number of nitrogens with one attached hydrogen (secondary N) is 1. The molecule has 8 heteroatoms. The van der Waals surface area contributed by atoms with E-state index in [2.05, 4.69) is 5.32 Å². The molecule has 0 aliphatic heterocycles. The summed E-state index contributed by atoms with van der Waals surface area (Å²) in [4.78, 5) is 39.1. The topological polar surface area (TPSA) is 94.2 Å². The third-order valence-corrected chi connectivity index (χ3v) is 4.99. The van der Waals surface area contributed by atoms with Crippen molar-refractivity contribution in [3.8, 4) is 11.5 Å². The molecule has 3 rings (SSSR count). The Morgan fingerprint density at radius 2 is 1.40 bits per heavy atom. The molecule has 0 atom stereocenters. The second-order valence-electron chi connectivity index (χ2n) is 7.42. The van der Waals surface area contributed by atoms with Crippen LogP contribution in [0.2, 0.25) is 0 Å². The molecule has 8 nitrogen and oxygen atoms in total. The summed E-state index contributed by atoms with van der Waals surface area (Å²) in [5, 5.41) is 2.63. The molecular weight excluding hydrogens is 448 g/mol. The van der Waals surface area contributed by atoms with Crippen molar-refractivity contribution in [1.82, 2.24) is 5.32 Å². The van der Waals surface area contributed by atoms with Gasteiger partial charge in [-0.15, -0.1) is 0 Å². The van der Waals surface area contributed by atoms with E-state index in [0.717, 1.165) is 5.75 Å². The lowest BCUT2D eigenvalue weighted by Crippen LogP contribution is -2.32. The van der Waals surface area contributed by atoms with E-state index in [4.69, 9.17) is 14.2 Å². The number of rotatable bonds is 11. The number of nitrogens with zero attached hydrogens (tertiary/aromatic N) is 1. The maximum Gasteiger partial charge on any atom is 0.339 e. The summed E-state index contributed by atoms with van der Waals surface area (Å²) in [6.45, 7) is 2.51. The van der Waals surface area contributed by atoms with Gasteiger partial charge in [0.15, 0.2) is 6.61 Å². The first kappa shape index (κ1) is 25.3. The summed E-state index contributed by atoms with van der Waals surface area (Å²) in [5.74, 6) is -0.185. The van der Waals surface area contributed by atoms with Gasteiger partial charge in [-0.25, -0.2) is 4.79 Å². The van der Waals surface area contributed by atoms with E-state index in [9.17, 15) is 14.4 Å². The van der Waals surface area contributed by atoms with Crippen molar-refractivity contribution in [1.29, 1.82) is 0 Å². The van der Waals surface area contributed by atoms with Crippen molar-refractivity contribution in [2.24, 2.45) is 0 Å². The highest BCUT2D eigenvalue weighted by atomic mass is 16.5. The molecule has 0 radical (unpaired) electrons. The van der Waals surface area contributed by atoms with Crippen LogP contribution in [0.15, 0.2) is 78.9 Å². The van der Waals surface area contributed by atoms with Crippen molar-refractivity contribution in [3.05, 3.63) is 90.0 Å². The highest BCUT2D eigenvalue weighted by Gasteiger charge is 2.22. The van der Waals surface area contributed by atoms with Gasteiger partial charge in [-0.3, -0.25) is 9.59 Å². The van der Waals surface area contributed by atoms with Gasteiger partial charge in [-0.05, 0) is 55.5 Å². The fraction of sp³-hybridized carbons (Fsp3) is 0.222. The van der Waals surface area contributed by atoms with Crippen LogP contribution >= 0.6 is 0 Å². The lowest BCUT2D eigenvalue weighted by molar-refractivity contribution is -0.124. The van der Waals surface area contributed by atoms with E-state index in [-0.39, 0.29) is 30.2 Å². The summed E-state index contributed by atoms with van der Waals surface area (Å²) in [7, 11) is 1.63. The second-order valence-corrected chi connectivity index (χ2v) is 7.42. The van der Waals surface area contributed by atoms with Gasteiger partial charge in [0, 0.05) is 12.7 Å². The molecule has 0 saturated heterocycles. The molecule has 0 aromatic heterocycles. The number of carbonyl (C=O) groups excluding carboxylic acids is 3. The Hall–Kier alpha value is -4.33. The SMILES string of the molecule is CCOc1ccc(OCCNC(=O)COC(=O)c2ccccc2C(=O)N(C)c2ccccc2)cc1. The number of benzene rings is 3. The Balaban J connectivity index is 1.47. The van der Waals surface area contributed by atoms with Crippen LogP contribution in [-0.4, -0.2) is 51.2 Å². The third kappa shape index (κ3) is 7.33. The minimum absolute atomic E-state index is 0.0897. The summed E-state index contributed by atoms with van der Waals surface area (Å²) in [6, 6.07) is 22.6. The number of esters is 1. The third-order valence-electron chi connectivity index (χ3n) is 4.99. The van der Waals surface area contributed by atoms with Gasteiger partial charge in [-0.1, -0.05) is 30.3 Å². The first-order valence-corrected chi connectivity index (χ1v) is 11.2. The van der Waals surface area contributed by atoms with Crippen molar-refractivity contribution in [3.63, 3.8) is 0 Å². The molecular formula is C27H28N2O6. The number of hydrogen-bond donors (Lipinski definition) is 1. The summed E-state index contributed by atoms with van der Waals surface area (Å²) >= 11 is 0. The van der Waals surface area contributed by atoms with Crippen LogP contribution in [0.1, 0.15) is 27.6 Å². The van der Waals surface area contributed by atoms with E-state index < -0.39 is 18.5 Å². The first-order valence-electron chi connectivity index (χ1n) is 11.2. The summed E-state index contributed by atoms with van der Waals surface area (Å²) in [5.41, 5.74) is 0.965. The zero-order valence-electron chi connectivity index (χ0n) is 19.7. The molecule has 0 saturated carbocycles. The standard InChI is InChI=1S/C27H28N2O6/c1-3-33-21-13-15-22(16-14-21)34-18-17-28-25(30)19-35-27(32)24-12-8-7-11-23(24)26(31)29(2)20-9-5-4-6-10-20/h4-16H,3,17-19H2,1-2H3,(H,28,30). The Bertz CT molecular complexity index is 1130. The average Bonchev–Trinajstić information content (AvgIpc) is 2.90. The molecule has 2 amide bonds.